The number of halogens is 1. The average molecular weight is 141 g/mol. The summed E-state index contributed by atoms with van der Waals surface area (Å²) in [6.45, 7) is 1.22. The molecule has 0 aromatic carbocycles. The first-order chi connectivity index (χ1) is 3.12. The molecule has 0 saturated heterocycles. The van der Waals surface area contributed by atoms with Gasteiger partial charge >= 0.3 is 0 Å². The van der Waals surface area contributed by atoms with Crippen LogP contribution in [0.2, 0.25) is 0 Å². The lowest BCUT2D eigenvalue weighted by Gasteiger charge is -2.16. The third kappa shape index (κ3) is 4.33. The van der Waals surface area contributed by atoms with Gasteiger partial charge in [-0.05, 0) is 6.92 Å². The normalized spacial score (nSPS) is 10.5. The number of aliphatic hydroxyl groups excluding tert-OH is 2. The first-order valence-corrected chi connectivity index (χ1v) is 2.13. The third-order valence-corrected chi connectivity index (χ3v) is 0.722. The molecule has 4 heteroatoms. The second kappa shape index (κ2) is 4.09. The van der Waals surface area contributed by atoms with Crippen molar-refractivity contribution >= 4 is 0 Å². The highest BCUT2D eigenvalue weighted by molar-refractivity contribution is 4.74. The van der Waals surface area contributed by atoms with Crippen LogP contribution in [0.3, 0.4) is 0 Å². The fraction of sp³-hybridized carbons (Fsp3) is 1.00. The van der Waals surface area contributed by atoms with Crippen molar-refractivity contribution in [3.8, 4) is 0 Å². The maximum Gasteiger partial charge on any atom is 0.0631 e. The molecule has 0 unspecified atom stereocenters. The van der Waals surface area contributed by atoms with Gasteiger partial charge in [0.05, 0.1) is 18.8 Å². The SMILES string of the molecule is CC(N)(CO)CO.[Cl-]. The number of hydrogen-bond donors (Lipinski definition) is 3. The van der Waals surface area contributed by atoms with Gasteiger partial charge in [-0.1, -0.05) is 0 Å². The first-order valence-electron chi connectivity index (χ1n) is 2.13. The molecule has 0 heterocycles. The van der Waals surface area contributed by atoms with Gasteiger partial charge in [-0.2, -0.15) is 0 Å². The molecule has 0 aliphatic rings. The molecule has 0 rings (SSSR count). The van der Waals surface area contributed by atoms with Crippen LogP contribution in [-0.4, -0.2) is 29.0 Å². The third-order valence-electron chi connectivity index (χ3n) is 0.722. The van der Waals surface area contributed by atoms with Gasteiger partial charge in [0.15, 0.2) is 0 Å². The quantitative estimate of drug-likeness (QED) is 0.364. The van der Waals surface area contributed by atoms with Crippen LogP contribution < -0.4 is 18.1 Å². The zero-order valence-electron chi connectivity index (χ0n) is 4.76. The van der Waals surface area contributed by atoms with E-state index < -0.39 is 5.54 Å². The lowest BCUT2D eigenvalue weighted by molar-refractivity contribution is -0.00000364. The summed E-state index contributed by atoms with van der Waals surface area (Å²) in [5, 5.41) is 16.6. The Hall–Kier alpha value is 0.170. The number of nitrogens with two attached hydrogens (primary N) is 1. The molecule has 0 atom stereocenters. The molecular formula is C4H11ClNO2-. The smallest absolute Gasteiger partial charge is 0.0631 e. The standard InChI is InChI=1S/C4H11NO2.ClH/c1-4(5,2-6)3-7;/h6-7H,2-3,5H2,1H3;1H/p-1. The van der Waals surface area contributed by atoms with Crippen molar-refractivity contribution in [2.24, 2.45) is 5.73 Å². The topological polar surface area (TPSA) is 66.5 Å². The van der Waals surface area contributed by atoms with Crippen LogP contribution in [-0.2, 0) is 0 Å². The largest absolute Gasteiger partial charge is 1.00 e. The molecule has 0 amide bonds. The molecule has 4 N–H and O–H groups in total. The van der Waals surface area contributed by atoms with Crippen LogP contribution in [0.1, 0.15) is 6.92 Å². The van der Waals surface area contributed by atoms with Crippen molar-refractivity contribution in [2.75, 3.05) is 13.2 Å². The summed E-state index contributed by atoms with van der Waals surface area (Å²) >= 11 is 0. The van der Waals surface area contributed by atoms with Crippen molar-refractivity contribution in [1.29, 1.82) is 0 Å². The highest BCUT2D eigenvalue weighted by Crippen LogP contribution is 1.91. The molecular weight excluding hydrogens is 130 g/mol. The Morgan fingerprint density at radius 2 is 1.62 bits per heavy atom. The first kappa shape index (κ1) is 11.0. The van der Waals surface area contributed by atoms with E-state index in [1.807, 2.05) is 0 Å². The van der Waals surface area contributed by atoms with E-state index in [-0.39, 0.29) is 25.6 Å². The Labute approximate surface area is 54.9 Å². The van der Waals surface area contributed by atoms with Gasteiger partial charge in [0, 0.05) is 0 Å². The van der Waals surface area contributed by atoms with Gasteiger partial charge in [0.25, 0.3) is 0 Å². The number of hydrogen-bond acceptors (Lipinski definition) is 3. The minimum absolute atomic E-state index is 0. The Balaban J connectivity index is 0. The summed E-state index contributed by atoms with van der Waals surface area (Å²) in [6.07, 6.45) is 0. The minimum atomic E-state index is -0.806. The molecule has 0 radical (unpaired) electrons. The van der Waals surface area contributed by atoms with Crippen molar-refractivity contribution < 1.29 is 22.6 Å². The molecule has 0 aliphatic carbocycles. The predicted molar refractivity (Wildman–Crippen MR) is 26.8 cm³/mol. The van der Waals surface area contributed by atoms with E-state index in [1.54, 1.807) is 6.92 Å². The molecule has 0 aromatic rings. The summed E-state index contributed by atoms with van der Waals surface area (Å²) in [5.74, 6) is 0. The van der Waals surface area contributed by atoms with E-state index in [2.05, 4.69) is 0 Å². The van der Waals surface area contributed by atoms with Crippen molar-refractivity contribution in [1.82, 2.24) is 0 Å². The van der Waals surface area contributed by atoms with Crippen LogP contribution in [0.15, 0.2) is 0 Å². The molecule has 0 saturated carbocycles. The highest BCUT2D eigenvalue weighted by Gasteiger charge is 2.13. The zero-order chi connectivity index (χ0) is 5.91. The summed E-state index contributed by atoms with van der Waals surface area (Å²) in [4.78, 5) is 0. The Morgan fingerprint density at radius 1 is 1.38 bits per heavy atom. The van der Waals surface area contributed by atoms with Crippen molar-refractivity contribution in [3.05, 3.63) is 0 Å². The van der Waals surface area contributed by atoms with Crippen LogP contribution in [0.25, 0.3) is 0 Å². The molecule has 8 heavy (non-hydrogen) atoms. The summed E-state index contributed by atoms with van der Waals surface area (Å²) in [5.41, 5.74) is 4.41. The molecule has 0 fully saturated rings. The van der Waals surface area contributed by atoms with Gasteiger partial charge in [0.2, 0.25) is 0 Å². The Kier molecular flexibility index (Phi) is 5.64. The van der Waals surface area contributed by atoms with E-state index >= 15 is 0 Å². The predicted octanol–water partition coefficient (Wildman–Crippen LogP) is -4.31. The van der Waals surface area contributed by atoms with Crippen LogP contribution in [0.5, 0.6) is 0 Å². The monoisotopic (exact) mass is 140 g/mol. The maximum atomic E-state index is 8.31. The van der Waals surface area contributed by atoms with E-state index in [9.17, 15) is 0 Å². The lowest BCUT2D eigenvalue weighted by Crippen LogP contribution is -3.00. The maximum absolute atomic E-state index is 8.31. The van der Waals surface area contributed by atoms with E-state index in [0.717, 1.165) is 0 Å². The van der Waals surface area contributed by atoms with E-state index in [0.29, 0.717) is 0 Å². The molecule has 52 valence electrons. The minimum Gasteiger partial charge on any atom is -1.00 e. The summed E-state index contributed by atoms with van der Waals surface area (Å²) < 4.78 is 0. The zero-order valence-corrected chi connectivity index (χ0v) is 5.52. The van der Waals surface area contributed by atoms with Gasteiger partial charge < -0.3 is 28.4 Å². The highest BCUT2D eigenvalue weighted by atomic mass is 35.5. The second-order valence-electron chi connectivity index (χ2n) is 1.97. The van der Waals surface area contributed by atoms with Crippen molar-refractivity contribution in [3.63, 3.8) is 0 Å². The Bertz CT molecular complexity index is 52.0. The van der Waals surface area contributed by atoms with Crippen LogP contribution >= 0.6 is 0 Å². The van der Waals surface area contributed by atoms with Gasteiger partial charge in [0.1, 0.15) is 0 Å². The lowest BCUT2D eigenvalue weighted by atomic mass is 10.1. The molecule has 0 aromatic heterocycles. The molecule has 3 nitrogen and oxygen atoms in total. The fourth-order valence-corrected chi connectivity index (χ4v) is 0.0500. The summed E-state index contributed by atoms with van der Waals surface area (Å²) in [6, 6.07) is 0. The van der Waals surface area contributed by atoms with Crippen LogP contribution in [0, 0.1) is 0 Å². The van der Waals surface area contributed by atoms with Gasteiger partial charge in [-0.25, -0.2) is 0 Å². The second-order valence-corrected chi connectivity index (χ2v) is 1.97. The van der Waals surface area contributed by atoms with Crippen LogP contribution in [0.4, 0.5) is 0 Å². The molecule has 0 aliphatic heterocycles. The van der Waals surface area contributed by atoms with E-state index in [1.165, 1.54) is 0 Å². The van der Waals surface area contributed by atoms with Crippen molar-refractivity contribution in [2.45, 2.75) is 12.5 Å². The Morgan fingerprint density at radius 3 is 1.62 bits per heavy atom. The van der Waals surface area contributed by atoms with E-state index in [4.69, 9.17) is 15.9 Å². The molecule has 0 bridgehead atoms. The molecule has 0 spiro atoms. The van der Waals surface area contributed by atoms with Gasteiger partial charge in [-0.3, -0.25) is 0 Å². The average Bonchev–Trinajstić information content (AvgIpc) is 1.68. The number of aliphatic hydroxyl groups is 2. The summed E-state index contributed by atoms with van der Waals surface area (Å²) in [7, 11) is 0. The fourth-order valence-electron chi connectivity index (χ4n) is 0.0500. The van der Waals surface area contributed by atoms with Gasteiger partial charge in [-0.15, -0.1) is 0 Å². The number of rotatable bonds is 2.